The van der Waals surface area contributed by atoms with E-state index in [2.05, 4.69) is 27.8 Å². The molecule has 0 bridgehead atoms. The SMILES string of the molecule is Cc1cc(N2CCN3CCCCC3C2)nc(C)c1N. The van der Waals surface area contributed by atoms with E-state index in [1.54, 1.807) is 0 Å². The number of nitrogen functional groups attached to an aromatic ring is 1. The van der Waals surface area contributed by atoms with Crippen molar-refractivity contribution < 1.29 is 0 Å². The van der Waals surface area contributed by atoms with E-state index >= 15 is 0 Å². The molecule has 2 aliphatic rings. The summed E-state index contributed by atoms with van der Waals surface area (Å²) < 4.78 is 0. The summed E-state index contributed by atoms with van der Waals surface area (Å²) in [6.45, 7) is 8.75. The Morgan fingerprint density at radius 1 is 1.21 bits per heavy atom. The molecule has 2 saturated heterocycles. The van der Waals surface area contributed by atoms with Crippen LogP contribution in [0.2, 0.25) is 0 Å². The minimum Gasteiger partial charge on any atom is -0.397 e. The van der Waals surface area contributed by atoms with Gasteiger partial charge in [-0.3, -0.25) is 4.90 Å². The molecule has 4 nitrogen and oxygen atoms in total. The van der Waals surface area contributed by atoms with Crippen LogP contribution < -0.4 is 10.6 Å². The Balaban J connectivity index is 1.79. The third-order valence-electron chi connectivity index (χ3n) is 4.60. The van der Waals surface area contributed by atoms with Gasteiger partial charge in [0.1, 0.15) is 5.82 Å². The maximum absolute atomic E-state index is 6.00. The van der Waals surface area contributed by atoms with Gasteiger partial charge < -0.3 is 10.6 Å². The molecular formula is C15H24N4. The lowest BCUT2D eigenvalue weighted by Crippen LogP contribution is -2.55. The third-order valence-corrected chi connectivity index (χ3v) is 4.60. The topological polar surface area (TPSA) is 45.4 Å². The summed E-state index contributed by atoms with van der Waals surface area (Å²) in [6, 6.07) is 2.86. The molecular weight excluding hydrogens is 236 g/mol. The van der Waals surface area contributed by atoms with E-state index in [1.807, 2.05) is 6.92 Å². The van der Waals surface area contributed by atoms with Gasteiger partial charge in [0.25, 0.3) is 0 Å². The maximum Gasteiger partial charge on any atom is 0.129 e. The molecule has 104 valence electrons. The zero-order valence-electron chi connectivity index (χ0n) is 12.0. The van der Waals surface area contributed by atoms with Gasteiger partial charge >= 0.3 is 0 Å². The minimum absolute atomic E-state index is 0.725. The summed E-state index contributed by atoms with van der Waals surface area (Å²) in [5.41, 5.74) is 8.94. The number of hydrogen-bond acceptors (Lipinski definition) is 4. The molecule has 1 aromatic rings. The minimum atomic E-state index is 0.725. The predicted octanol–water partition coefficient (Wildman–Crippen LogP) is 1.96. The molecule has 1 aromatic heterocycles. The molecule has 2 fully saturated rings. The molecule has 19 heavy (non-hydrogen) atoms. The van der Waals surface area contributed by atoms with Crippen LogP contribution in [-0.4, -0.2) is 42.1 Å². The van der Waals surface area contributed by atoms with Crippen molar-refractivity contribution in [3.63, 3.8) is 0 Å². The van der Waals surface area contributed by atoms with Crippen molar-refractivity contribution in [2.45, 2.75) is 39.2 Å². The number of piperidine rings is 1. The summed E-state index contributed by atoms with van der Waals surface area (Å²) in [4.78, 5) is 9.76. The number of pyridine rings is 1. The number of nitrogens with zero attached hydrogens (tertiary/aromatic N) is 3. The van der Waals surface area contributed by atoms with E-state index in [0.717, 1.165) is 41.9 Å². The summed E-state index contributed by atoms with van der Waals surface area (Å²) in [7, 11) is 0. The van der Waals surface area contributed by atoms with Crippen molar-refractivity contribution in [1.82, 2.24) is 9.88 Å². The number of aromatic nitrogens is 1. The second-order valence-corrected chi connectivity index (χ2v) is 5.93. The Labute approximate surface area is 115 Å². The van der Waals surface area contributed by atoms with Crippen molar-refractivity contribution in [3.05, 3.63) is 17.3 Å². The zero-order chi connectivity index (χ0) is 13.4. The highest BCUT2D eigenvalue weighted by Crippen LogP contribution is 2.26. The van der Waals surface area contributed by atoms with E-state index in [1.165, 1.54) is 32.4 Å². The van der Waals surface area contributed by atoms with Gasteiger partial charge in [-0.15, -0.1) is 0 Å². The highest BCUT2D eigenvalue weighted by Gasteiger charge is 2.29. The lowest BCUT2D eigenvalue weighted by atomic mass is 9.99. The van der Waals surface area contributed by atoms with Crippen LogP contribution in [0.4, 0.5) is 11.5 Å². The summed E-state index contributed by atoms with van der Waals surface area (Å²) in [5.74, 6) is 1.11. The average molecular weight is 260 g/mol. The van der Waals surface area contributed by atoms with E-state index in [9.17, 15) is 0 Å². The molecule has 0 aromatic carbocycles. The quantitative estimate of drug-likeness (QED) is 0.838. The fourth-order valence-electron chi connectivity index (χ4n) is 3.35. The fourth-order valence-corrected chi connectivity index (χ4v) is 3.35. The summed E-state index contributed by atoms with van der Waals surface area (Å²) in [5, 5.41) is 0. The van der Waals surface area contributed by atoms with Crippen LogP contribution in [0.25, 0.3) is 0 Å². The first-order valence-corrected chi connectivity index (χ1v) is 7.38. The monoisotopic (exact) mass is 260 g/mol. The number of fused-ring (bicyclic) bond motifs is 1. The smallest absolute Gasteiger partial charge is 0.129 e. The molecule has 4 heteroatoms. The van der Waals surface area contributed by atoms with Gasteiger partial charge in [-0.2, -0.15) is 0 Å². The van der Waals surface area contributed by atoms with E-state index in [0.29, 0.717) is 0 Å². The van der Waals surface area contributed by atoms with E-state index in [4.69, 9.17) is 5.73 Å². The Morgan fingerprint density at radius 2 is 2.05 bits per heavy atom. The molecule has 0 saturated carbocycles. The lowest BCUT2D eigenvalue weighted by Gasteiger charge is -2.44. The Hall–Kier alpha value is -1.29. The van der Waals surface area contributed by atoms with Crippen molar-refractivity contribution in [3.8, 4) is 0 Å². The van der Waals surface area contributed by atoms with Crippen LogP contribution in [0.5, 0.6) is 0 Å². The molecule has 0 aliphatic carbocycles. The van der Waals surface area contributed by atoms with Crippen molar-refractivity contribution in [2.24, 2.45) is 0 Å². The van der Waals surface area contributed by atoms with Crippen LogP contribution in [0.3, 0.4) is 0 Å². The first kappa shape index (κ1) is 12.7. The van der Waals surface area contributed by atoms with Gasteiger partial charge in [-0.05, 0) is 44.9 Å². The highest BCUT2D eigenvalue weighted by atomic mass is 15.3. The first-order valence-electron chi connectivity index (χ1n) is 7.38. The van der Waals surface area contributed by atoms with Gasteiger partial charge in [0.2, 0.25) is 0 Å². The number of hydrogen-bond donors (Lipinski definition) is 1. The average Bonchev–Trinajstić information content (AvgIpc) is 2.43. The normalized spacial score (nSPS) is 24.3. The Kier molecular flexibility index (Phi) is 3.35. The molecule has 2 N–H and O–H groups in total. The van der Waals surface area contributed by atoms with Crippen molar-refractivity contribution in [2.75, 3.05) is 36.8 Å². The van der Waals surface area contributed by atoms with E-state index in [-0.39, 0.29) is 0 Å². The predicted molar refractivity (Wildman–Crippen MR) is 79.5 cm³/mol. The van der Waals surface area contributed by atoms with Gasteiger partial charge in [0.15, 0.2) is 0 Å². The first-order chi connectivity index (χ1) is 9.15. The van der Waals surface area contributed by atoms with Crippen LogP contribution in [0, 0.1) is 13.8 Å². The number of piperazine rings is 1. The van der Waals surface area contributed by atoms with Crippen molar-refractivity contribution >= 4 is 11.5 Å². The standard InChI is InChI=1S/C15H24N4/c1-11-9-14(17-12(2)15(11)16)19-8-7-18-6-4-3-5-13(18)10-19/h9,13H,3-8,10,16H2,1-2H3. The molecule has 3 rings (SSSR count). The van der Waals surface area contributed by atoms with Gasteiger partial charge in [-0.25, -0.2) is 4.98 Å². The largest absolute Gasteiger partial charge is 0.397 e. The van der Waals surface area contributed by atoms with Crippen LogP contribution in [-0.2, 0) is 0 Å². The van der Waals surface area contributed by atoms with Gasteiger partial charge in [-0.1, -0.05) is 6.42 Å². The van der Waals surface area contributed by atoms with Crippen LogP contribution >= 0.6 is 0 Å². The van der Waals surface area contributed by atoms with Crippen molar-refractivity contribution in [1.29, 1.82) is 0 Å². The molecule has 1 atom stereocenters. The number of anilines is 2. The molecule has 0 spiro atoms. The maximum atomic E-state index is 6.00. The second-order valence-electron chi connectivity index (χ2n) is 5.93. The van der Waals surface area contributed by atoms with Crippen LogP contribution in [0.15, 0.2) is 6.07 Å². The summed E-state index contributed by atoms with van der Waals surface area (Å²) in [6.07, 6.45) is 4.08. The number of aryl methyl sites for hydroxylation is 2. The highest BCUT2D eigenvalue weighted by molar-refractivity contribution is 5.56. The molecule has 2 aliphatic heterocycles. The molecule has 1 unspecified atom stereocenters. The Morgan fingerprint density at radius 3 is 2.84 bits per heavy atom. The van der Waals surface area contributed by atoms with Gasteiger partial charge in [0.05, 0.1) is 11.4 Å². The van der Waals surface area contributed by atoms with Gasteiger partial charge in [0, 0.05) is 25.7 Å². The van der Waals surface area contributed by atoms with E-state index < -0.39 is 0 Å². The number of rotatable bonds is 1. The zero-order valence-corrected chi connectivity index (χ0v) is 12.0. The summed E-state index contributed by atoms with van der Waals surface area (Å²) >= 11 is 0. The third kappa shape index (κ3) is 2.41. The lowest BCUT2D eigenvalue weighted by molar-refractivity contribution is 0.133. The molecule has 3 heterocycles. The second kappa shape index (κ2) is 5.00. The molecule has 0 radical (unpaired) electrons. The number of nitrogens with two attached hydrogens (primary N) is 1. The molecule has 0 amide bonds. The van der Waals surface area contributed by atoms with Crippen LogP contribution in [0.1, 0.15) is 30.5 Å². The fraction of sp³-hybridized carbons (Fsp3) is 0.667. The Bertz CT molecular complexity index is 448.